The van der Waals surface area contributed by atoms with Crippen molar-refractivity contribution in [2.45, 2.75) is 6.92 Å². The summed E-state index contributed by atoms with van der Waals surface area (Å²) in [6.45, 7) is 4.67. The first kappa shape index (κ1) is 6.33. The third-order valence-corrected chi connectivity index (χ3v) is 1.53. The Morgan fingerprint density at radius 2 is 2.38 bits per heavy atom. The SMILES string of the molecule is CC1(CNCl)COC1. The molecule has 0 bridgehead atoms. The van der Waals surface area contributed by atoms with Crippen molar-refractivity contribution in [3.63, 3.8) is 0 Å². The monoisotopic (exact) mass is 135 g/mol. The minimum atomic E-state index is 0.307. The highest BCUT2D eigenvalue weighted by Gasteiger charge is 2.32. The van der Waals surface area contributed by atoms with Crippen molar-refractivity contribution in [2.24, 2.45) is 5.41 Å². The Morgan fingerprint density at radius 1 is 1.75 bits per heavy atom. The second-order valence-corrected chi connectivity index (χ2v) is 2.88. The molecule has 48 valence electrons. The smallest absolute Gasteiger partial charge is 0.0554 e. The molecule has 1 saturated heterocycles. The molecule has 1 aliphatic heterocycles. The van der Waals surface area contributed by atoms with E-state index in [1.165, 1.54) is 0 Å². The van der Waals surface area contributed by atoms with Crippen LogP contribution >= 0.6 is 11.8 Å². The van der Waals surface area contributed by atoms with Gasteiger partial charge in [0, 0.05) is 12.0 Å². The van der Waals surface area contributed by atoms with Crippen molar-refractivity contribution in [1.82, 2.24) is 4.84 Å². The molecule has 0 aliphatic carbocycles. The average Bonchev–Trinajstić information content (AvgIpc) is 1.64. The summed E-state index contributed by atoms with van der Waals surface area (Å²) in [6.07, 6.45) is 0. The normalized spacial score (nSPS) is 24.8. The molecule has 0 aromatic rings. The van der Waals surface area contributed by atoms with Crippen LogP contribution in [0.15, 0.2) is 0 Å². The van der Waals surface area contributed by atoms with Crippen LogP contribution in [-0.2, 0) is 4.74 Å². The Labute approximate surface area is 54.3 Å². The quantitative estimate of drug-likeness (QED) is 0.565. The second kappa shape index (κ2) is 2.21. The van der Waals surface area contributed by atoms with Crippen molar-refractivity contribution in [1.29, 1.82) is 0 Å². The van der Waals surface area contributed by atoms with Gasteiger partial charge in [0.1, 0.15) is 0 Å². The molecule has 0 aromatic carbocycles. The van der Waals surface area contributed by atoms with Gasteiger partial charge in [-0.2, -0.15) is 0 Å². The van der Waals surface area contributed by atoms with Crippen LogP contribution in [0, 0.1) is 5.41 Å². The molecule has 0 amide bonds. The average molecular weight is 136 g/mol. The molecular weight excluding hydrogens is 126 g/mol. The van der Waals surface area contributed by atoms with Crippen molar-refractivity contribution in [2.75, 3.05) is 19.8 Å². The zero-order valence-corrected chi connectivity index (χ0v) is 5.66. The maximum atomic E-state index is 5.29. The van der Waals surface area contributed by atoms with E-state index in [1.54, 1.807) is 0 Å². The van der Waals surface area contributed by atoms with Gasteiger partial charge in [-0.05, 0) is 11.8 Å². The molecule has 3 heteroatoms. The third kappa shape index (κ3) is 1.13. The van der Waals surface area contributed by atoms with Crippen molar-refractivity contribution in [3.05, 3.63) is 0 Å². The van der Waals surface area contributed by atoms with Crippen LogP contribution in [0.25, 0.3) is 0 Å². The molecule has 8 heavy (non-hydrogen) atoms. The highest BCUT2D eigenvalue weighted by atomic mass is 35.5. The molecule has 1 fully saturated rings. The lowest BCUT2D eigenvalue weighted by Gasteiger charge is -2.37. The summed E-state index contributed by atoms with van der Waals surface area (Å²) in [5.74, 6) is 0. The Balaban J connectivity index is 2.20. The summed E-state index contributed by atoms with van der Waals surface area (Å²) in [5, 5.41) is 0. The molecule has 0 radical (unpaired) electrons. The van der Waals surface area contributed by atoms with Gasteiger partial charge >= 0.3 is 0 Å². The number of rotatable bonds is 2. The van der Waals surface area contributed by atoms with Crippen LogP contribution in [-0.4, -0.2) is 19.8 Å². The highest BCUT2D eigenvalue weighted by Crippen LogP contribution is 2.24. The van der Waals surface area contributed by atoms with E-state index in [-0.39, 0.29) is 0 Å². The van der Waals surface area contributed by atoms with E-state index in [0.29, 0.717) is 5.41 Å². The zero-order chi connectivity index (χ0) is 6.04. The number of halogens is 1. The van der Waals surface area contributed by atoms with Crippen LogP contribution in [0.2, 0.25) is 0 Å². The lowest BCUT2D eigenvalue weighted by molar-refractivity contribution is -0.0965. The molecular formula is C5H10ClNO. The second-order valence-electron chi connectivity index (χ2n) is 2.61. The standard InChI is InChI=1S/C5H10ClNO/c1-5(2-7-6)3-8-4-5/h7H,2-4H2,1H3. The summed E-state index contributed by atoms with van der Waals surface area (Å²) in [7, 11) is 0. The summed E-state index contributed by atoms with van der Waals surface area (Å²) in [6, 6.07) is 0. The first-order valence-corrected chi connectivity index (χ1v) is 3.06. The van der Waals surface area contributed by atoms with Crippen molar-refractivity contribution < 1.29 is 4.74 Å². The molecule has 0 spiro atoms. The van der Waals surface area contributed by atoms with E-state index in [1.807, 2.05) is 0 Å². The lowest BCUT2D eigenvalue weighted by atomic mass is 9.89. The molecule has 0 unspecified atom stereocenters. The summed E-state index contributed by atoms with van der Waals surface area (Å²) in [4.78, 5) is 2.60. The largest absolute Gasteiger partial charge is 0.380 e. The van der Waals surface area contributed by atoms with E-state index in [4.69, 9.17) is 16.5 Å². The van der Waals surface area contributed by atoms with Gasteiger partial charge in [0.15, 0.2) is 0 Å². The fourth-order valence-electron chi connectivity index (χ4n) is 0.714. The molecule has 1 rings (SSSR count). The molecule has 1 N–H and O–H groups in total. The summed E-state index contributed by atoms with van der Waals surface area (Å²) in [5.41, 5.74) is 0.307. The minimum absolute atomic E-state index is 0.307. The third-order valence-electron chi connectivity index (χ3n) is 1.39. The number of hydrogen-bond acceptors (Lipinski definition) is 2. The number of ether oxygens (including phenoxy) is 1. The van der Waals surface area contributed by atoms with Gasteiger partial charge in [-0.1, -0.05) is 6.92 Å². The number of nitrogens with one attached hydrogen (secondary N) is 1. The van der Waals surface area contributed by atoms with Crippen LogP contribution in [0.4, 0.5) is 0 Å². The molecule has 0 atom stereocenters. The van der Waals surface area contributed by atoms with E-state index in [9.17, 15) is 0 Å². The molecule has 1 heterocycles. The maximum absolute atomic E-state index is 5.29. The summed E-state index contributed by atoms with van der Waals surface area (Å²) >= 11 is 5.29. The Bertz CT molecular complexity index is 82.5. The van der Waals surface area contributed by atoms with Gasteiger partial charge in [-0.3, -0.25) is 0 Å². The van der Waals surface area contributed by atoms with Gasteiger partial charge in [0.05, 0.1) is 13.2 Å². The highest BCUT2D eigenvalue weighted by molar-refractivity contribution is 6.13. The first-order valence-electron chi connectivity index (χ1n) is 2.68. The molecule has 1 aliphatic rings. The number of hydrogen-bond donors (Lipinski definition) is 1. The predicted molar refractivity (Wildman–Crippen MR) is 32.8 cm³/mol. The van der Waals surface area contributed by atoms with E-state index < -0.39 is 0 Å². The molecule has 0 aromatic heterocycles. The van der Waals surface area contributed by atoms with Gasteiger partial charge in [0.2, 0.25) is 0 Å². The summed E-state index contributed by atoms with van der Waals surface area (Å²) < 4.78 is 4.99. The molecule has 2 nitrogen and oxygen atoms in total. The minimum Gasteiger partial charge on any atom is -0.380 e. The van der Waals surface area contributed by atoms with Gasteiger partial charge in [-0.15, -0.1) is 0 Å². The Morgan fingerprint density at radius 3 is 2.50 bits per heavy atom. The van der Waals surface area contributed by atoms with E-state index >= 15 is 0 Å². The predicted octanol–water partition coefficient (Wildman–Crippen LogP) is 0.766. The fraction of sp³-hybridized carbons (Fsp3) is 1.00. The van der Waals surface area contributed by atoms with E-state index in [0.717, 1.165) is 19.8 Å². The molecule has 0 saturated carbocycles. The van der Waals surface area contributed by atoms with Crippen LogP contribution in [0.3, 0.4) is 0 Å². The van der Waals surface area contributed by atoms with Gasteiger partial charge in [0.25, 0.3) is 0 Å². The van der Waals surface area contributed by atoms with Crippen LogP contribution < -0.4 is 4.84 Å². The van der Waals surface area contributed by atoms with Crippen LogP contribution in [0.1, 0.15) is 6.92 Å². The van der Waals surface area contributed by atoms with E-state index in [2.05, 4.69) is 11.8 Å². The van der Waals surface area contributed by atoms with Crippen LogP contribution in [0.5, 0.6) is 0 Å². The maximum Gasteiger partial charge on any atom is 0.0554 e. The van der Waals surface area contributed by atoms with Crippen molar-refractivity contribution in [3.8, 4) is 0 Å². The Kier molecular flexibility index (Phi) is 1.75. The Hall–Kier alpha value is 0.210. The fourth-order valence-corrected chi connectivity index (χ4v) is 1.04. The van der Waals surface area contributed by atoms with Gasteiger partial charge in [-0.25, -0.2) is 4.84 Å². The first-order chi connectivity index (χ1) is 3.77. The zero-order valence-electron chi connectivity index (χ0n) is 4.91. The lowest BCUT2D eigenvalue weighted by Crippen LogP contribution is -2.45. The van der Waals surface area contributed by atoms with Gasteiger partial charge < -0.3 is 4.74 Å². The van der Waals surface area contributed by atoms with Crippen molar-refractivity contribution >= 4 is 11.8 Å². The topological polar surface area (TPSA) is 21.3 Å².